The zero-order valence-corrected chi connectivity index (χ0v) is 17.8. The number of hydrogen-bond acceptors (Lipinski definition) is 3. The summed E-state index contributed by atoms with van der Waals surface area (Å²) in [5.41, 5.74) is 3.88. The molecule has 1 N–H and O–H groups in total. The predicted octanol–water partition coefficient (Wildman–Crippen LogP) is 6.98. The van der Waals surface area contributed by atoms with Crippen LogP contribution in [-0.4, -0.2) is 15.1 Å². The number of aromatic nitrogens is 2. The number of benzene rings is 2. The number of fused-ring (bicyclic) bond motifs is 1. The van der Waals surface area contributed by atoms with Crippen molar-refractivity contribution in [1.29, 1.82) is 0 Å². The lowest BCUT2D eigenvalue weighted by molar-refractivity contribution is 0.469. The fraction of sp³-hybridized carbons (Fsp3) is 0.130. The monoisotopic (exact) mass is 442 g/mol. The Labute approximate surface area is 183 Å². The summed E-state index contributed by atoms with van der Waals surface area (Å²) in [4.78, 5) is 8.96. The number of aromatic hydroxyl groups is 1. The van der Waals surface area contributed by atoms with Crippen LogP contribution in [0.4, 0.5) is 0 Å². The Bertz CT molecular complexity index is 1210. The van der Waals surface area contributed by atoms with Crippen LogP contribution in [0.25, 0.3) is 10.9 Å². The van der Waals surface area contributed by atoms with Gasteiger partial charge in [0.2, 0.25) is 0 Å². The fourth-order valence-corrected chi connectivity index (χ4v) is 4.11. The lowest BCUT2D eigenvalue weighted by atomic mass is 9.86. The lowest BCUT2D eigenvalue weighted by Crippen LogP contribution is -2.08. The van der Waals surface area contributed by atoms with E-state index in [1.807, 2.05) is 43.3 Å². The molecule has 4 aromatic rings. The van der Waals surface area contributed by atoms with Crippen molar-refractivity contribution in [2.75, 3.05) is 0 Å². The Morgan fingerprint density at radius 2 is 1.76 bits per heavy atom. The molecule has 4 rings (SSSR count). The highest BCUT2D eigenvalue weighted by Crippen LogP contribution is 2.41. The molecule has 0 saturated heterocycles. The van der Waals surface area contributed by atoms with Crippen LogP contribution in [0.2, 0.25) is 15.1 Å². The van der Waals surface area contributed by atoms with Crippen molar-refractivity contribution < 1.29 is 5.11 Å². The standard InChI is InChI=1S/C23H17Cl3N2O/c1-13-4-2-5-15(28-13)11-17(14-7-8-19(24)21(26)10-14)18-12-20(25)16-6-3-9-27-22(16)23(18)29/h2-10,12,17,29H,11H2,1H3. The second kappa shape index (κ2) is 8.19. The quantitative estimate of drug-likeness (QED) is 0.370. The molecule has 6 heteroatoms. The molecule has 0 fully saturated rings. The van der Waals surface area contributed by atoms with E-state index >= 15 is 0 Å². The first-order valence-corrected chi connectivity index (χ1v) is 10.2. The summed E-state index contributed by atoms with van der Waals surface area (Å²) in [5, 5.41) is 13.2. The van der Waals surface area contributed by atoms with E-state index in [4.69, 9.17) is 34.8 Å². The van der Waals surface area contributed by atoms with E-state index < -0.39 is 0 Å². The van der Waals surface area contributed by atoms with Gasteiger partial charge in [0, 0.05) is 40.9 Å². The average Bonchev–Trinajstić information content (AvgIpc) is 2.71. The van der Waals surface area contributed by atoms with E-state index in [1.54, 1.807) is 24.4 Å². The van der Waals surface area contributed by atoms with Crippen LogP contribution in [0.3, 0.4) is 0 Å². The minimum Gasteiger partial charge on any atom is -0.505 e. The van der Waals surface area contributed by atoms with Gasteiger partial charge in [-0.05, 0) is 55.0 Å². The fourth-order valence-electron chi connectivity index (χ4n) is 3.53. The van der Waals surface area contributed by atoms with Crippen LogP contribution in [0.15, 0.2) is 60.8 Å². The second-order valence-corrected chi connectivity index (χ2v) is 8.12. The molecule has 0 aliphatic heterocycles. The van der Waals surface area contributed by atoms with Gasteiger partial charge >= 0.3 is 0 Å². The summed E-state index contributed by atoms with van der Waals surface area (Å²) in [7, 11) is 0. The normalized spacial score (nSPS) is 12.3. The molecule has 1 unspecified atom stereocenters. The van der Waals surface area contributed by atoms with Gasteiger partial charge in [0.25, 0.3) is 0 Å². The van der Waals surface area contributed by atoms with E-state index in [0.29, 0.717) is 38.0 Å². The minimum atomic E-state index is -0.233. The topological polar surface area (TPSA) is 46.0 Å². The van der Waals surface area contributed by atoms with Gasteiger partial charge in [0.15, 0.2) is 0 Å². The molecule has 0 radical (unpaired) electrons. The highest BCUT2D eigenvalue weighted by atomic mass is 35.5. The van der Waals surface area contributed by atoms with Crippen molar-refractivity contribution in [3.05, 3.63) is 98.4 Å². The summed E-state index contributed by atoms with van der Waals surface area (Å²) in [6.45, 7) is 1.95. The van der Waals surface area contributed by atoms with E-state index in [2.05, 4.69) is 9.97 Å². The van der Waals surface area contributed by atoms with E-state index in [1.165, 1.54) is 0 Å². The number of pyridine rings is 2. The average molecular weight is 444 g/mol. The molecule has 2 heterocycles. The summed E-state index contributed by atoms with van der Waals surface area (Å²) in [5.74, 6) is -0.128. The van der Waals surface area contributed by atoms with Gasteiger partial charge < -0.3 is 5.11 Å². The molecule has 1 atom stereocenters. The highest BCUT2D eigenvalue weighted by molar-refractivity contribution is 6.42. The number of halogens is 3. The van der Waals surface area contributed by atoms with Crippen LogP contribution in [0.5, 0.6) is 5.75 Å². The molecule has 0 aliphatic carbocycles. The largest absolute Gasteiger partial charge is 0.505 e. The highest BCUT2D eigenvalue weighted by Gasteiger charge is 2.23. The van der Waals surface area contributed by atoms with Crippen molar-refractivity contribution in [2.24, 2.45) is 0 Å². The molecule has 146 valence electrons. The molecule has 0 bridgehead atoms. The Kier molecular flexibility index (Phi) is 5.64. The van der Waals surface area contributed by atoms with Crippen LogP contribution in [0.1, 0.15) is 28.4 Å². The van der Waals surface area contributed by atoms with Crippen molar-refractivity contribution >= 4 is 45.7 Å². The molecule has 0 saturated carbocycles. The molecule has 0 spiro atoms. The number of rotatable bonds is 4. The zero-order valence-electron chi connectivity index (χ0n) is 15.5. The summed E-state index contributed by atoms with van der Waals surface area (Å²) >= 11 is 18.9. The zero-order chi connectivity index (χ0) is 20.5. The van der Waals surface area contributed by atoms with Crippen molar-refractivity contribution in [1.82, 2.24) is 9.97 Å². The molecule has 2 aromatic carbocycles. The molecule has 3 nitrogen and oxygen atoms in total. The van der Waals surface area contributed by atoms with E-state index in [9.17, 15) is 5.11 Å². The van der Waals surface area contributed by atoms with Crippen molar-refractivity contribution in [3.63, 3.8) is 0 Å². The number of hydrogen-bond donors (Lipinski definition) is 1. The van der Waals surface area contributed by atoms with Crippen LogP contribution in [0, 0.1) is 6.92 Å². The maximum Gasteiger partial charge on any atom is 0.145 e. The predicted molar refractivity (Wildman–Crippen MR) is 119 cm³/mol. The van der Waals surface area contributed by atoms with Gasteiger partial charge in [-0.3, -0.25) is 9.97 Å². The molecule has 2 aromatic heterocycles. The Balaban J connectivity index is 1.91. The minimum absolute atomic E-state index is 0.105. The third kappa shape index (κ3) is 4.04. The number of phenols is 1. The van der Waals surface area contributed by atoms with Gasteiger partial charge in [-0.25, -0.2) is 0 Å². The first-order valence-electron chi connectivity index (χ1n) is 9.07. The van der Waals surface area contributed by atoms with E-state index in [0.717, 1.165) is 17.0 Å². The van der Waals surface area contributed by atoms with Gasteiger partial charge in [0.1, 0.15) is 11.3 Å². The maximum absolute atomic E-state index is 11.1. The molecule has 0 aliphatic rings. The third-order valence-electron chi connectivity index (χ3n) is 4.93. The van der Waals surface area contributed by atoms with Crippen LogP contribution in [-0.2, 0) is 6.42 Å². The summed E-state index contributed by atoms with van der Waals surface area (Å²) in [6.07, 6.45) is 2.19. The summed E-state index contributed by atoms with van der Waals surface area (Å²) in [6, 6.07) is 16.8. The second-order valence-electron chi connectivity index (χ2n) is 6.90. The molecular formula is C23H17Cl3N2O. The lowest BCUT2D eigenvalue weighted by Gasteiger charge is -2.21. The molecule has 29 heavy (non-hydrogen) atoms. The third-order valence-corrected chi connectivity index (χ3v) is 5.98. The number of phenolic OH excluding ortho intramolecular Hbond substituents is 1. The van der Waals surface area contributed by atoms with Gasteiger partial charge in [-0.1, -0.05) is 46.9 Å². The number of nitrogens with zero attached hydrogens (tertiary/aromatic N) is 2. The smallest absolute Gasteiger partial charge is 0.145 e. The number of aryl methyl sites for hydroxylation is 1. The van der Waals surface area contributed by atoms with Gasteiger partial charge in [0.05, 0.1) is 15.1 Å². The van der Waals surface area contributed by atoms with Crippen molar-refractivity contribution in [2.45, 2.75) is 19.3 Å². The Hall–Kier alpha value is -2.33. The summed E-state index contributed by atoms with van der Waals surface area (Å²) < 4.78 is 0. The maximum atomic E-state index is 11.1. The van der Waals surface area contributed by atoms with Gasteiger partial charge in [-0.2, -0.15) is 0 Å². The van der Waals surface area contributed by atoms with Crippen LogP contribution < -0.4 is 0 Å². The SMILES string of the molecule is Cc1cccc(CC(c2ccc(Cl)c(Cl)c2)c2cc(Cl)c3cccnc3c2O)n1. The molecule has 0 amide bonds. The molecular weight excluding hydrogens is 427 g/mol. The first kappa shape index (κ1) is 20.0. The first-order chi connectivity index (χ1) is 13.9. The van der Waals surface area contributed by atoms with Crippen molar-refractivity contribution in [3.8, 4) is 5.75 Å². The van der Waals surface area contributed by atoms with E-state index in [-0.39, 0.29) is 11.7 Å². The van der Waals surface area contributed by atoms with Crippen LogP contribution >= 0.6 is 34.8 Å². The Morgan fingerprint density at radius 1 is 0.931 bits per heavy atom. The Morgan fingerprint density at radius 3 is 2.52 bits per heavy atom. The van der Waals surface area contributed by atoms with Gasteiger partial charge in [-0.15, -0.1) is 0 Å².